The van der Waals surface area contributed by atoms with Crippen LogP contribution in [0.5, 0.6) is 0 Å². The van der Waals surface area contributed by atoms with Gasteiger partial charge in [-0.25, -0.2) is 9.18 Å². The van der Waals surface area contributed by atoms with Gasteiger partial charge in [0.2, 0.25) is 0 Å². The van der Waals surface area contributed by atoms with Gasteiger partial charge in [-0.15, -0.1) is 0 Å². The highest BCUT2D eigenvalue weighted by Crippen LogP contribution is 2.23. The van der Waals surface area contributed by atoms with Crippen molar-refractivity contribution in [1.82, 2.24) is 5.32 Å². The fourth-order valence-electron chi connectivity index (χ4n) is 2.45. The predicted octanol–water partition coefficient (Wildman–Crippen LogP) is 4.34. The molecule has 0 atom stereocenters. The van der Waals surface area contributed by atoms with Gasteiger partial charge in [0.05, 0.1) is 0 Å². The number of para-hydroxylation sites is 1. The molecule has 0 fully saturated rings. The van der Waals surface area contributed by atoms with E-state index in [-0.39, 0.29) is 17.3 Å². The van der Waals surface area contributed by atoms with Crippen LogP contribution in [0.4, 0.5) is 14.9 Å². The lowest BCUT2D eigenvalue weighted by Gasteiger charge is -2.28. The Balaban J connectivity index is 2.03. The lowest BCUT2D eigenvalue weighted by Crippen LogP contribution is -2.44. The van der Waals surface area contributed by atoms with Crippen molar-refractivity contribution in [3.63, 3.8) is 0 Å². The molecule has 2 rings (SSSR count). The molecule has 0 unspecified atom stereocenters. The van der Waals surface area contributed by atoms with E-state index < -0.39 is 0 Å². The minimum atomic E-state index is -0.278. The smallest absolute Gasteiger partial charge is 0.321 e. The number of amides is 2. The molecule has 2 aromatic rings. The molecule has 0 saturated heterocycles. The molecule has 0 bridgehead atoms. The summed E-state index contributed by atoms with van der Waals surface area (Å²) in [7, 11) is 0. The van der Waals surface area contributed by atoms with Crippen molar-refractivity contribution in [2.45, 2.75) is 26.2 Å². The Morgan fingerprint density at radius 1 is 1.09 bits per heavy atom. The number of benzene rings is 2. The second-order valence-corrected chi connectivity index (χ2v) is 6.13. The second-order valence-electron chi connectivity index (χ2n) is 6.13. The van der Waals surface area contributed by atoms with Crippen LogP contribution >= 0.6 is 0 Å². The molecule has 0 radical (unpaired) electrons. The van der Waals surface area contributed by atoms with Gasteiger partial charge in [-0.2, -0.15) is 0 Å². The van der Waals surface area contributed by atoms with Crippen LogP contribution in [0, 0.1) is 5.82 Å². The number of rotatable bonds is 5. The maximum atomic E-state index is 13.1. The summed E-state index contributed by atoms with van der Waals surface area (Å²) in [6, 6.07) is 15.8. The topological polar surface area (TPSA) is 32.3 Å². The van der Waals surface area contributed by atoms with Gasteiger partial charge in [0.15, 0.2) is 0 Å². The first-order valence-corrected chi connectivity index (χ1v) is 7.80. The Hall–Kier alpha value is -2.36. The molecule has 0 spiro atoms. The maximum Gasteiger partial charge on any atom is 0.321 e. The monoisotopic (exact) mass is 314 g/mol. The SMILES string of the molecule is CCN(C(=O)NCC(C)(C)c1ccc(F)cc1)c1ccccc1. The van der Waals surface area contributed by atoms with Gasteiger partial charge >= 0.3 is 6.03 Å². The van der Waals surface area contributed by atoms with E-state index in [0.717, 1.165) is 11.3 Å². The van der Waals surface area contributed by atoms with Crippen LogP contribution in [0.15, 0.2) is 54.6 Å². The van der Waals surface area contributed by atoms with Crippen molar-refractivity contribution in [2.75, 3.05) is 18.0 Å². The summed E-state index contributed by atoms with van der Waals surface area (Å²) in [6.45, 7) is 7.06. The third kappa shape index (κ3) is 4.31. The van der Waals surface area contributed by atoms with Crippen molar-refractivity contribution in [3.05, 3.63) is 66.0 Å². The predicted molar refractivity (Wildman–Crippen MR) is 92.3 cm³/mol. The molecule has 0 aliphatic carbocycles. The van der Waals surface area contributed by atoms with E-state index >= 15 is 0 Å². The minimum absolute atomic E-state index is 0.131. The van der Waals surface area contributed by atoms with E-state index in [9.17, 15) is 9.18 Å². The standard InChI is InChI=1S/C19H23FN2O/c1-4-22(17-8-6-5-7-9-17)18(23)21-14-19(2,3)15-10-12-16(20)13-11-15/h5-13H,4,14H2,1-3H3,(H,21,23). The molecule has 1 N–H and O–H groups in total. The zero-order valence-corrected chi connectivity index (χ0v) is 13.8. The van der Waals surface area contributed by atoms with Crippen LogP contribution in [0.3, 0.4) is 0 Å². The van der Waals surface area contributed by atoms with Gasteiger partial charge in [0, 0.05) is 24.2 Å². The molecular weight excluding hydrogens is 291 g/mol. The first-order chi connectivity index (χ1) is 10.9. The van der Waals surface area contributed by atoms with Gasteiger partial charge in [0.1, 0.15) is 5.82 Å². The molecular formula is C19H23FN2O. The fraction of sp³-hybridized carbons (Fsp3) is 0.316. The molecule has 0 heterocycles. The van der Waals surface area contributed by atoms with Crippen molar-refractivity contribution in [1.29, 1.82) is 0 Å². The van der Waals surface area contributed by atoms with Crippen LogP contribution < -0.4 is 10.2 Å². The van der Waals surface area contributed by atoms with Crippen molar-refractivity contribution in [3.8, 4) is 0 Å². The summed E-state index contributed by atoms with van der Waals surface area (Å²) in [5.74, 6) is -0.255. The highest BCUT2D eigenvalue weighted by molar-refractivity contribution is 5.91. The van der Waals surface area contributed by atoms with Gasteiger partial charge < -0.3 is 5.32 Å². The lowest BCUT2D eigenvalue weighted by molar-refractivity contribution is 0.244. The van der Waals surface area contributed by atoms with E-state index in [4.69, 9.17) is 0 Å². The number of anilines is 1. The number of halogens is 1. The zero-order valence-electron chi connectivity index (χ0n) is 13.8. The van der Waals surface area contributed by atoms with Gasteiger partial charge in [-0.1, -0.05) is 44.2 Å². The van der Waals surface area contributed by atoms with Crippen LogP contribution in [-0.4, -0.2) is 19.1 Å². The summed E-state index contributed by atoms with van der Waals surface area (Å²) < 4.78 is 13.1. The van der Waals surface area contributed by atoms with Crippen LogP contribution in [0.25, 0.3) is 0 Å². The Morgan fingerprint density at radius 2 is 1.70 bits per heavy atom. The first-order valence-electron chi connectivity index (χ1n) is 7.80. The van der Waals surface area contributed by atoms with Gasteiger partial charge in [-0.05, 0) is 36.8 Å². The van der Waals surface area contributed by atoms with Crippen LogP contribution in [0.1, 0.15) is 26.3 Å². The number of carbonyl (C=O) groups is 1. The molecule has 0 saturated carbocycles. The van der Waals surface area contributed by atoms with E-state index in [0.29, 0.717) is 13.1 Å². The largest absolute Gasteiger partial charge is 0.337 e. The Labute approximate surface area is 137 Å². The number of nitrogens with one attached hydrogen (secondary N) is 1. The zero-order chi connectivity index (χ0) is 16.9. The van der Waals surface area contributed by atoms with E-state index in [1.165, 1.54) is 12.1 Å². The molecule has 23 heavy (non-hydrogen) atoms. The first kappa shape index (κ1) is 17.0. The number of carbonyl (C=O) groups excluding carboxylic acids is 1. The molecule has 3 nitrogen and oxygen atoms in total. The molecule has 0 aliphatic rings. The van der Waals surface area contributed by atoms with Crippen molar-refractivity contribution >= 4 is 11.7 Å². The summed E-state index contributed by atoms with van der Waals surface area (Å²) in [5.41, 5.74) is 1.58. The summed E-state index contributed by atoms with van der Waals surface area (Å²) >= 11 is 0. The summed E-state index contributed by atoms with van der Waals surface area (Å²) in [6.07, 6.45) is 0. The van der Waals surface area contributed by atoms with E-state index in [1.807, 2.05) is 51.1 Å². The molecule has 0 aromatic heterocycles. The molecule has 4 heteroatoms. The third-order valence-corrected chi connectivity index (χ3v) is 3.94. The van der Waals surface area contributed by atoms with Gasteiger partial charge in [-0.3, -0.25) is 4.90 Å². The van der Waals surface area contributed by atoms with Gasteiger partial charge in [0.25, 0.3) is 0 Å². The fourth-order valence-corrected chi connectivity index (χ4v) is 2.45. The van der Waals surface area contributed by atoms with E-state index in [1.54, 1.807) is 17.0 Å². The Kier molecular flexibility index (Phi) is 5.37. The van der Waals surface area contributed by atoms with Crippen LogP contribution in [0.2, 0.25) is 0 Å². The molecule has 122 valence electrons. The number of urea groups is 1. The molecule has 2 aromatic carbocycles. The summed E-state index contributed by atoms with van der Waals surface area (Å²) in [5, 5.41) is 2.98. The average Bonchev–Trinajstić information content (AvgIpc) is 2.55. The Morgan fingerprint density at radius 3 is 2.26 bits per heavy atom. The number of hydrogen-bond acceptors (Lipinski definition) is 1. The third-order valence-electron chi connectivity index (χ3n) is 3.94. The number of nitrogens with zero attached hydrogens (tertiary/aromatic N) is 1. The van der Waals surface area contributed by atoms with Crippen LogP contribution in [-0.2, 0) is 5.41 Å². The molecule has 2 amide bonds. The van der Waals surface area contributed by atoms with Crippen molar-refractivity contribution in [2.24, 2.45) is 0 Å². The highest BCUT2D eigenvalue weighted by atomic mass is 19.1. The highest BCUT2D eigenvalue weighted by Gasteiger charge is 2.23. The lowest BCUT2D eigenvalue weighted by atomic mass is 9.84. The van der Waals surface area contributed by atoms with E-state index in [2.05, 4.69) is 5.32 Å². The van der Waals surface area contributed by atoms with Crippen molar-refractivity contribution < 1.29 is 9.18 Å². The second kappa shape index (κ2) is 7.27. The quantitative estimate of drug-likeness (QED) is 0.875. The minimum Gasteiger partial charge on any atom is -0.337 e. The Bertz CT molecular complexity index is 638. The normalized spacial score (nSPS) is 11.1. The number of hydrogen-bond donors (Lipinski definition) is 1. The molecule has 0 aliphatic heterocycles. The summed E-state index contributed by atoms with van der Waals surface area (Å²) in [4.78, 5) is 14.2. The maximum absolute atomic E-state index is 13.1. The average molecular weight is 314 g/mol.